The van der Waals surface area contributed by atoms with Gasteiger partial charge in [-0.05, 0) is 51.2 Å². The van der Waals surface area contributed by atoms with E-state index in [2.05, 4.69) is 21.0 Å². The van der Waals surface area contributed by atoms with Gasteiger partial charge in [0.1, 0.15) is 6.04 Å². The molecular weight excluding hydrogens is 342 g/mol. The Morgan fingerprint density at radius 3 is 2.56 bits per heavy atom. The van der Waals surface area contributed by atoms with Crippen LogP contribution in [0.5, 0.6) is 0 Å². The first-order valence-corrected chi connectivity index (χ1v) is 7.94. The molecule has 1 heterocycles. The molecule has 0 saturated heterocycles. The molecule has 0 radical (unpaired) electrons. The minimum atomic E-state index is -0.417. The molecule has 1 atom stereocenters. The summed E-state index contributed by atoms with van der Waals surface area (Å²) in [6, 6.07) is 8.46. The zero-order valence-electron chi connectivity index (χ0n) is 14.4. The Labute approximate surface area is 153 Å². The smallest absolute Gasteiger partial charge is 0.248 e. The van der Waals surface area contributed by atoms with Gasteiger partial charge in [-0.1, -0.05) is 6.07 Å². The van der Waals surface area contributed by atoms with Crippen LogP contribution in [0.3, 0.4) is 0 Å². The number of carbonyl (C=O) groups is 2. The molecule has 8 heteroatoms. The highest BCUT2D eigenvalue weighted by atomic mass is 35.5. The largest absolute Gasteiger partial charge is 0.326 e. The summed E-state index contributed by atoms with van der Waals surface area (Å²) < 4.78 is 1.59. The normalized spacial score (nSPS) is 11.3. The summed E-state index contributed by atoms with van der Waals surface area (Å²) in [5.74, 6) is -0.213. The SMILES string of the molecule is CNCCCC(=O)Nc1cccc(NC(=O)C(C)n2cccn2)c1.Cl. The molecule has 136 valence electrons. The van der Waals surface area contributed by atoms with Crippen LogP contribution < -0.4 is 16.0 Å². The van der Waals surface area contributed by atoms with E-state index in [1.807, 2.05) is 7.05 Å². The van der Waals surface area contributed by atoms with Crippen molar-refractivity contribution in [2.45, 2.75) is 25.8 Å². The monoisotopic (exact) mass is 365 g/mol. The van der Waals surface area contributed by atoms with Crippen LogP contribution in [-0.2, 0) is 9.59 Å². The minimum Gasteiger partial charge on any atom is -0.326 e. The van der Waals surface area contributed by atoms with Crippen molar-refractivity contribution in [3.8, 4) is 0 Å². The van der Waals surface area contributed by atoms with E-state index >= 15 is 0 Å². The maximum atomic E-state index is 12.3. The Bertz CT molecular complexity index is 675. The summed E-state index contributed by atoms with van der Waals surface area (Å²) in [7, 11) is 1.86. The highest BCUT2D eigenvalue weighted by Gasteiger charge is 2.15. The third kappa shape index (κ3) is 6.56. The van der Waals surface area contributed by atoms with E-state index in [-0.39, 0.29) is 24.2 Å². The van der Waals surface area contributed by atoms with Gasteiger partial charge in [0, 0.05) is 30.2 Å². The van der Waals surface area contributed by atoms with Crippen molar-refractivity contribution in [1.29, 1.82) is 0 Å². The Hall–Kier alpha value is -2.38. The molecule has 2 aromatic rings. The molecule has 1 aromatic carbocycles. The molecule has 0 aliphatic carbocycles. The number of hydrogen-bond acceptors (Lipinski definition) is 4. The number of anilines is 2. The summed E-state index contributed by atoms with van der Waals surface area (Å²) >= 11 is 0. The van der Waals surface area contributed by atoms with Crippen molar-refractivity contribution in [1.82, 2.24) is 15.1 Å². The van der Waals surface area contributed by atoms with Crippen LogP contribution in [0.25, 0.3) is 0 Å². The number of aromatic nitrogens is 2. The minimum absolute atomic E-state index is 0. The van der Waals surface area contributed by atoms with Crippen LogP contribution in [0.2, 0.25) is 0 Å². The van der Waals surface area contributed by atoms with Crippen LogP contribution in [0.1, 0.15) is 25.8 Å². The predicted molar refractivity (Wildman–Crippen MR) is 101 cm³/mol. The molecule has 0 fully saturated rings. The average Bonchev–Trinajstić information content (AvgIpc) is 3.09. The van der Waals surface area contributed by atoms with Crippen LogP contribution in [0.4, 0.5) is 11.4 Å². The van der Waals surface area contributed by atoms with E-state index in [1.165, 1.54) is 0 Å². The predicted octanol–water partition coefficient (Wildman–Crippen LogP) is 2.44. The Balaban J connectivity index is 0.00000312. The van der Waals surface area contributed by atoms with E-state index in [1.54, 1.807) is 54.3 Å². The molecular formula is C17H24ClN5O2. The Morgan fingerprint density at radius 2 is 1.92 bits per heavy atom. The molecule has 0 bridgehead atoms. The Kier molecular flexibility index (Phi) is 8.66. The van der Waals surface area contributed by atoms with Crippen molar-refractivity contribution in [2.24, 2.45) is 0 Å². The number of halogens is 1. The molecule has 3 N–H and O–H groups in total. The summed E-state index contributed by atoms with van der Waals surface area (Å²) in [5.41, 5.74) is 1.29. The lowest BCUT2D eigenvalue weighted by Gasteiger charge is -2.13. The molecule has 2 rings (SSSR count). The first-order valence-electron chi connectivity index (χ1n) is 7.94. The second-order valence-corrected chi connectivity index (χ2v) is 5.49. The fourth-order valence-corrected chi connectivity index (χ4v) is 2.20. The first-order chi connectivity index (χ1) is 11.6. The maximum absolute atomic E-state index is 12.3. The Morgan fingerprint density at radius 1 is 1.20 bits per heavy atom. The van der Waals surface area contributed by atoms with Gasteiger partial charge < -0.3 is 16.0 Å². The quantitative estimate of drug-likeness (QED) is 0.627. The first kappa shape index (κ1) is 20.7. The number of rotatable bonds is 8. The molecule has 7 nitrogen and oxygen atoms in total. The van der Waals surface area contributed by atoms with Crippen LogP contribution in [0, 0.1) is 0 Å². The fourth-order valence-electron chi connectivity index (χ4n) is 2.20. The van der Waals surface area contributed by atoms with Gasteiger partial charge in [0.2, 0.25) is 11.8 Å². The number of benzene rings is 1. The average molecular weight is 366 g/mol. The molecule has 2 amide bonds. The second kappa shape index (κ2) is 10.5. The zero-order valence-corrected chi connectivity index (χ0v) is 15.2. The fraction of sp³-hybridized carbons (Fsp3) is 0.353. The van der Waals surface area contributed by atoms with E-state index in [9.17, 15) is 9.59 Å². The van der Waals surface area contributed by atoms with Gasteiger partial charge in [-0.25, -0.2) is 0 Å². The van der Waals surface area contributed by atoms with Gasteiger partial charge in [-0.2, -0.15) is 5.10 Å². The topological polar surface area (TPSA) is 88.0 Å². The van der Waals surface area contributed by atoms with E-state index < -0.39 is 6.04 Å². The van der Waals surface area contributed by atoms with E-state index in [0.29, 0.717) is 17.8 Å². The van der Waals surface area contributed by atoms with E-state index in [4.69, 9.17) is 0 Å². The summed E-state index contributed by atoms with van der Waals surface area (Å²) in [6.07, 6.45) is 4.61. The highest BCUT2D eigenvalue weighted by molar-refractivity contribution is 5.95. The lowest BCUT2D eigenvalue weighted by Crippen LogP contribution is -2.24. The molecule has 0 aliphatic rings. The van der Waals surface area contributed by atoms with Gasteiger partial charge in [-0.3, -0.25) is 14.3 Å². The third-order valence-electron chi connectivity index (χ3n) is 3.55. The van der Waals surface area contributed by atoms with Crippen molar-refractivity contribution < 1.29 is 9.59 Å². The zero-order chi connectivity index (χ0) is 17.4. The van der Waals surface area contributed by atoms with Gasteiger partial charge >= 0.3 is 0 Å². The highest BCUT2D eigenvalue weighted by Crippen LogP contribution is 2.17. The third-order valence-corrected chi connectivity index (χ3v) is 3.55. The van der Waals surface area contributed by atoms with Crippen LogP contribution in [0.15, 0.2) is 42.7 Å². The number of nitrogens with zero attached hydrogens (tertiary/aromatic N) is 2. The maximum Gasteiger partial charge on any atom is 0.248 e. The van der Waals surface area contributed by atoms with Gasteiger partial charge in [-0.15, -0.1) is 12.4 Å². The van der Waals surface area contributed by atoms with Gasteiger partial charge in [0.05, 0.1) is 0 Å². The summed E-state index contributed by atoms with van der Waals surface area (Å²) in [4.78, 5) is 24.1. The van der Waals surface area contributed by atoms with Crippen molar-refractivity contribution in [2.75, 3.05) is 24.2 Å². The summed E-state index contributed by atoms with van der Waals surface area (Å²) in [6.45, 7) is 2.57. The van der Waals surface area contributed by atoms with E-state index in [0.717, 1.165) is 13.0 Å². The van der Waals surface area contributed by atoms with Crippen LogP contribution in [-0.4, -0.2) is 35.2 Å². The number of hydrogen-bond donors (Lipinski definition) is 3. The molecule has 25 heavy (non-hydrogen) atoms. The molecule has 1 aromatic heterocycles. The molecule has 0 spiro atoms. The van der Waals surface area contributed by atoms with Crippen molar-refractivity contribution >= 4 is 35.6 Å². The lowest BCUT2D eigenvalue weighted by atomic mass is 10.2. The molecule has 1 unspecified atom stereocenters. The molecule has 0 saturated carbocycles. The van der Waals surface area contributed by atoms with Gasteiger partial charge in [0.15, 0.2) is 0 Å². The van der Waals surface area contributed by atoms with Crippen LogP contribution >= 0.6 is 12.4 Å². The van der Waals surface area contributed by atoms with Crippen molar-refractivity contribution in [3.05, 3.63) is 42.7 Å². The summed E-state index contributed by atoms with van der Waals surface area (Å²) in [5, 5.41) is 12.7. The second-order valence-electron chi connectivity index (χ2n) is 5.49. The lowest BCUT2D eigenvalue weighted by molar-refractivity contribution is -0.119. The number of amides is 2. The van der Waals surface area contributed by atoms with Crippen molar-refractivity contribution in [3.63, 3.8) is 0 Å². The standard InChI is InChI=1S/C17H23N5O2.ClH/c1-13(22-11-5-10-19-22)17(24)21-15-7-3-6-14(12-15)20-16(23)8-4-9-18-2;/h3,5-7,10-13,18H,4,8-9H2,1-2H3,(H,20,23)(H,21,24);1H. The molecule has 0 aliphatic heterocycles. The number of carbonyl (C=O) groups excluding carboxylic acids is 2. The van der Waals surface area contributed by atoms with Gasteiger partial charge in [0.25, 0.3) is 0 Å². The number of nitrogens with one attached hydrogen (secondary N) is 3.